The van der Waals surface area contributed by atoms with Crippen molar-refractivity contribution in [3.05, 3.63) is 65.2 Å². The number of nitrogens with zero attached hydrogens (tertiary/aromatic N) is 2. The Hall–Kier alpha value is -3.02. The first-order valence-electron chi connectivity index (χ1n) is 9.61. The first-order chi connectivity index (χ1) is 13.7. The van der Waals surface area contributed by atoms with E-state index in [1.54, 1.807) is 14.2 Å². The van der Waals surface area contributed by atoms with Crippen LogP contribution in [0.4, 0.5) is 0 Å². The van der Waals surface area contributed by atoms with Gasteiger partial charge >= 0.3 is 0 Å². The Bertz CT molecular complexity index is 818. The van der Waals surface area contributed by atoms with Gasteiger partial charge in [0.1, 0.15) is 5.75 Å². The minimum absolute atomic E-state index is 0.261. The molecule has 28 heavy (non-hydrogen) atoms. The van der Waals surface area contributed by atoms with E-state index in [9.17, 15) is 4.79 Å². The number of ether oxygens (including phenoxy) is 1. The first-order valence-corrected chi connectivity index (χ1v) is 9.61. The molecule has 1 aliphatic rings. The van der Waals surface area contributed by atoms with Crippen molar-refractivity contribution in [2.45, 2.75) is 32.5 Å². The maximum atomic E-state index is 11.7. The Labute approximate surface area is 166 Å². The van der Waals surface area contributed by atoms with Crippen LogP contribution in [0.3, 0.4) is 0 Å². The van der Waals surface area contributed by atoms with Crippen molar-refractivity contribution in [1.82, 2.24) is 15.5 Å². The van der Waals surface area contributed by atoms with Crippen LogP contribution in [0, 0.1) is 0 Å². The molecule has 148 valence electrons. The summed E-state index contributed by atoms with van der Waals surface area (Å²) in [5, 5.41) is 6.64. The van der Waals surface area contributed by atoms with E-state index in [-0.39, 0.29) is 5.91 Å². The Morgan fingerprint density at radius 2 is 1.79 bits per heavy atom. The fourth-order valence-corrected chi connectivity index (χ4v) is 3.23. The van der Waals surface area contributed by atoms with E-state index in [4.69, 9.17) is 4.74 Å². The SMILES string of the molecule is CN=C(NCc1ccc(CN2CCCC2=O)cc1)NCc1cccc(OC)c1. The van der Waals surface area contributed by atoms with Crippen LogP contribution in [-0.4, -0.2) is 37.5 Å². The normalized spacial score (nSPS) is 14.3. The molecule has 1 aliphatic heterocycles. The third kappa shape index (κ3) is 5.49. The van der Waals surface area contributed by atoms with Gasteiger partial charge in [-0.25, -0.2) is 0 Å². The van der Waals surface area contributed by atoms with Crippen LogP contribution in [0.1, 0.15) is 29.5 Å². The molecule has 3 rings (SSSR count). The number of likely N-dealkylation sites (tertiary alicyclic amines) is 1. The second-order valence-corrected chi connectivity index (χ2v) is 6.87. The summed E-state index contributed by atoms with van der Waals surface area (Å²) in [6.45, 7) is 2.92. The van der Waals surface area contributed by atoms with Crippen molar-refractivity contribution < 1.29 is 9.53 Å². The van der Waals surface area contributed by atoms with Crippen molar-refractivity contribution in [3.63, 3.8) is 0 Å². The van der Waals surface area contributed by atoms with Crippen LogP contribution in [-0.2, 0) is 24.4 Å². The van der Waals surface area contributed by atoms with Gasteiger partial charge in [0.25, 0.3) is 0 Å². The average molecular weight is 380 g/mol. The molecule has 0 saturated carbocycles. The minimum Gasteiger partial charge on any atom is -0.497 e. The standard InChI is InChI=1S/C22H28N4O2/c1-23-22(25-15-19-5-3-6-20(13-19)28-2)24-14-17-8-10-18(11-9-17)16-26-12-4-7-21(26)27/h3,5-6,8-11,13H,4,7,12,14-16H2,1-2H3,(H2,23,24,25). The van der Waals surface area contributed by atoms with E-state index in [1.807, 2.05) is 29.2 Å². The molecule has 2 aromatic rings. The molecule has 0 aliphatic carbocycles. The molecule has 1 amide bonds. The van der Waals surface area contributed by atoms with Gasteiger partial charge in [-0.05, 0) is 35.2 Å². The first kappa shape index (κ1) is 19.7. The number of benzene rings is 2. The summed E-state index contributed by atoms with van der Waals surface area (Å²) in [7, 11) is 3.43. The fourth-order valence-electron chi connectivity index (χ4n) is 3.23. The number of rotatable bonds is 7. The monoisotopic (exact) mass is 380 g/mol. The Morgan fingerprint density at radius 1 is 1.07 bits per heavy atom. The van der Waals surface area contributed by atoms with Crippen molar-refractivity contribution >= 4 is 11.9 Å². The molecule has 0 aromatic heterocycles. The quantitative estimate of drug-likeness (QED) is 0.573. The zero-order valence-electron chi connectivity index (χ0n) is 16.6. The minimum atomic E-state index is 0.261. The van der Waals surface area contributed by atoms with Crippen LogP contribution >= 0.6 is 0 Å². The second kappa shape index (κ2) is 9.78. The number of carbonyl (C=O) groups is 1. The third-order valence-electron chi connectivity index (χ3n) is 4.85. The van der Waals surface area contributed by atoms with Gasteiger partial charge in [-0.1, -0.05) is 36.4 Å². The van der Waals surface area contributed by atoms with Crippen LogP contribution in [0.2, 0.25) is 0 Å². The van der Waals surface area contributed by atoms with E-state index < -0.39 is 0 Å². The molecule has 2 N–H and O–H groups in total. The van der Waals surface area contributed by atoms with Gasteiger partial charge in [-0.15, -0.1) is 0 Å². The van der Waals surface area contributed by atoms with Gasteiger partial charge in [0.2, 0.25) is 5.91 Å². The summed E-state index contributed by atoms with van der Waals surface area (Å²) in [6, 6.07) is 16.3. The van der Waals surface area contributed by atoms with Gasteiger partial charge in [-0.2, -0.15) is 0 Å². The molecule has 0 atom stereocenters. The predicted octanol–water partition coefficient (Wildman–Crippen LogP) is 2.68. The lowest BCUT2D eigenvalue weighted by Crippen LogP contribution is -2.36. The number of amides is 1. The van der Waals surface area contributed by atoms with Crippen LogP contribution < -0.4 is 15.4 Å². The van der Waals surface area contributed by atoms with Gasteiger partial charge in [0, 0.05) is 39.6 Å². The van der Waals surface area contributed by atoms with Crippen LogP contribution in [0.25, 0.3) is 0 Å². The molecule has 0 spiro atoms. The molecule has 2 aromatic carbocycles. The predicted molar refractivity (Wildman–Crippen MR) is 111 cm³/mol. The fraction of sp³-hybridized carbons (Fsp3) is 0.364. The summed E-state index contributed by atoms with van der Waals surface area (Å²) >= 11 is 0. The molecule has 1 heterocycles. The highest BCUT2D eigenvalue weighted by Gasteiger charge is 2.19. The molecule has 1 saturated heterocycles. The smallest absolute Gasteiger partial charge is 0.222 e. The molecule has 0 radical (unpaired) electrons. The lowest BCUT2D eigenvalue weighted by atomic mass is 10.1. The summed E-state index contributed by atoms with van der Waals surface area (Å²) in [6.07, 6.45) is 1.66. The maximum Gasteiger partial charge on any atom is 0.222 e. The third-order valence-corrected chi connectivity index (χ3v) is 4.85. The van der Waals surface area contributed by atoms with Crippen molar-refractivity contribution in [2.75, 3.05) is 20.7 Å². The summed E-state index contributed by atoms with van der Waals surface area (Å²) in [4.78, 5) is 17.9. The van der Waals surface area contributed by atoms with Crippen molar-refractivity contribution in [2.24, 2.45) is 4.99 Å². The number of hydrogen-bond acceptors (Lipinski definition) is 3. The second-order valence-electron chi connectivity index (χ2n) is 6.87. The largest absolute Gasteiger partial charge is 0.497 e. The maximum absolute atomic E-state index is 11.7. The van der Waals surface area contributed by atoms with Crippen molar-refractivity contribution in [1.29, 1.82) is 0 Å². The van der Waals surface area contributed by atoms with E-state index in [0.29, 0.717) is 26.1 Å². The van der Waals surface area contributed by atoms with Gasteiger partial charge < -0.3 is 20.3 Å². The zero-order valence-corrected chi connectivity index (χ0v) is 16.6. The highest BCUT2D eigenvalue weighted by molar-refractivity contribution is 5.79. The lowest BCUT2D eigenvalue weighted by molar-refractivity contribution is -0.128. The number of carbonyl (C=O) groups excluding carboxylic acids is 1. The number of hydrogen-bond donors (Lipinski definition) is 2. The van der Waals surface area contributed by atoms with Gasteiger partial charge in [-0.3, -0.25) is 9.79 Å². The molecule has 6 nitrogen and oxygen atoms in total. The van der Waals surface area contributed by atoms with Gasteiger partial charge in [0.05, 0.1) is 7.11 Å². The highest BCUT2D eigenvalue weighted by Crippen LogP contribution is 2.15. The topological polar surface area (TPSA) is 66.0 Å². The Morgan fingerprint density at radius 3 is 2.43 bits per heavy atom. The lowest BCUT2D eigenvalue weighted by Gasteiger charge is -2.16. The molecular weight excluding hydrogens is 352 g/mol. The van der Waals surface area contributed by atoms with E-state index in [2.05, 4.69) is 39.9 Å². The van der Waals surface area contributed by atoms with Crippen molar-refractivity contribution in [3.8, 4) is 5.75 Å². The zero-order chi connectivity index (χ0) is 19.8. The Kier molecular flexibility index (Phi) is 6.89. The summed E-state index contributed by atoms with van der Waals surface area (Å²) in [5.74, 6) is 1.85. The number of aliphatic imine (C=N–C) groups is 1. The highest BCUT2D eigenvalue weighted by atomic mass is 16.5. The van der Waals surface area contributed by atoms with E-state index in [1.165, 1.54) is 11.1 Å². The van der Waals surface area contributed by atoms with E-state index in [0.717, 1.165) is 30.2 Å². The van der Waals surface area contributed by atoms with E-state index >= 15 is 0 Å². The molecule has 6 heteroatoms. The molecular formula is C22H28N4O2. The average Bonchev–Trinajstić information content (AvgIpc) is 3.14. The Balaban J connectivity index is 1.47. The number of nitrogens with one attached hydrogen (secondary N) is 2. The summed E-state index contributed by atoms with van der Waals surface area (Å²) < 4.78 is 5.26. The molecule has 0 unspecified atom stereocenters. The van der Waals surface area contributed by atoms with Crippen LogP contribution in [0.15, 0.2) is 53.5 Å². The molecule has 0 bridgehead atoms. The van der Waals surface area contributed by atoms with Gasteiger partial charge in [0.15, 0.2) is 5.96 Å². The summed E-state index contributed by atoms with van der Waals surface area (Å²) in [5.41, 5.74) is 3.46. The number of guanidine groups is 1. The van der Waals surface area contributed by atoms with Crippen LogP contribution in [0.5, 0.6) is 5.75 Å². The molecule has 1 fully saturated rings. The number of methoxy groups -OCH3 is 1.